The minimum atomic E-state index is -0.281. The zero-order valence-corrected chi connectivity index (χ0v) is 12.6. The lowest BCUT2D eigenvalue weighted by Gasteiger charge is -2.09. The molecule has 1 aliphatic heterocycles. The highest BCUT2D eigenvalue weighted by atomic mass is 19.1. The van der Waals surface area contributed by atoms with E-state index in [0.717, 1.165) is 24.1 Å². The van der Waals surface area contributed by atoms with Crippen molar-refractivity contribution in [3.05, 3.63) is 54.1 Å². The molecule has 0 saturated carbocycles. The Hall–Kier alpha value is -2.74. The number of pyridine rings is 1. The Morgan fingerprint density at radius 3 is 2.61 bits per heavy atom. The molecule has 0 amide bonds. The van der Waals surface area contributed by atoms with Gasteiger partial charge in [-0.05, 0) is 36.1 Å². The van der Waals surface area contributed by atoms with Crippen molar-refractivity contribution in [2.75, 3.05) is 13.1 Å². The number of carbonyl (C=O) groups is 1. The van der Waals surface area contributed by atoms with Gasteiger partial charge in [0.25, 0.3) is 0 Å². The molecule has 2 heterocycles. The third-order valence-corrected chi connectivity index (χ3v) is 4.13. The smallest absolute Gasteiger partial charge is 0.181 e. The highest BCUT2D eigenvalue weighted by molar-refractivity contribution is 5.94. The minimum Gasteiger partial charge on any atom is -0.310 e. The Morgan fingerprint density at radius 1 is 1.26 bits per heavy atom. The molecule has 0 N–H and O–H groups in total. The molecular weight excluding hydrogens is 293 g/mol. The Labute approximate surface area is 134 Å². The zero-order valence-electron chi connectivity index (χ0n) is 12.6. The van der Waals surface area contributed by atoms with E-state index in [1.165, 1.54) is 12.1 Å². The maximum absolute atomic E-state index is 12.9. The molecule has 0 aliphatic carbocycles. The summed E-state index contributed by atoms with van der Waals surface area (Å²) in [7, 11) is 0. The first-order valence-electron chi connectivity index (χ1n) is 7.55. The maximum Gasteiger partial charge on any atom is 0.181 e. The molecule has 3 rings (SSSR count). The highest BCUT2D eigenvalue weighted by Gasteiger charge is 2.24. The van der Waals surface area contributed by atoms with Gasteiger partial charge in [0.2, 0.25) is 0 Å². The van der Waals surface area contributed by atoms with Gasteiger partial charge in [0.1, 0.15) is 11.5 Å². The zero-order chi connectivity index (χ0) is 16.2. The highest BCUT2D eigenvalue weighted by Crippen LogP contribution is 2.22. The fraction of sp³-hybridized carbons (Fsp3) is 0.278. The van der Waals surface area contributed by atoms with Crippen LogP contribution in [-0.4, -0.2) is 28.8 Å². The second-order valence-corrected chi connectivity index (χ2v) is 5.77. The molecule has 1 aliphatic rings. The van der Waals surface area contributed by atoms with E-state index < -0.39 is 0 Å². The normalized spacial score (nSPS) is 17.0. The second kappa shape index (κ2) is 6.57. The van der Waals surface area contributed by atoms with Gasteiger partial charge < -0.3 is 4.90 Å². The van der Waals surface area contributed by atoms with Crippen molar-refractivity contribution < 1.29 is 9.18 Å². The van der Waals surface area contributed by atoms with Crippen LogP contribution >= 0.6 is 0 Å². The van der Waals surface area contributed by atoms with Crippen LogP contribution in [0.2, 0.25) is 0 Å². The number of carbonyl (C=O) groups excluding carboxylic acids is 1. The predicted octanol–water partition coefficient (Wildman–Crippen LogP) is 3.26. The number of ketones is 1. The van der Waals surface area contributed by atoms with Crippen LogP contribution in [0.3, 0.4) is 0 Å². The van der Waals surface area contributed by atoms with Gasteiger partial charge in [-0.15, -0.1) is 0 Å². The van der Waals surface area contributed by atoms with E-state index in [0.29, 0.717) is 18.7 Å². The molecule has 116 valence electrons. The molecule has 4 nitrogen and oxygen atoms in total. The number of nitriles is 1. The lowest BCUT2D eigenvalue weighted by atomic mass is 9.99. The number of likely N-dealkylation sites (tertiary alicyclic amines) is 1. The summed E-state index contributed by atoms with van der Waals surface area (Å²) < 4.78 is 12.9. The standard InChI is InChI=1S/C18H16FN3O/c19-16-4-1-14(2-5-16)15-3-6-17(21-10-15)18(23)9-13-7-8-22(11-13)12-20/h1-6,10,13H,7-9,11H2/t13-/m0/s1. The molecule has 0 bridgehead atoms. The SMILES string of the molecule is N#CN1CC[C@@H](CC(=O)c2ccc(-c3ccc(F)cc3)cn2)C1. The van der Waals surface area contributed by atoms with Crippen molar-refractivity contribution in [3.8, 4) is 17.3 Å². The largest absolute Gasteiger partial charge is 0.310 e. The Morgan fingerprint density at radius 2 is 2.00 bits per heavy atom. The van der Waals surface area contributed by atoms with Crippen molar-refractivity contribution in [1.82, 2.24) is 9.88 Å². The number of halogens is 1. The van der Waals surface area contributed by atoms with Crippen LogP contribution in [0.25, 0.3) is 11.1 Å². The summed E-state index contributed by atoms with van der Waals surface area (Å²) >= 11 is 0. The van der Waals surface area contributed by atoms with Gasteiger partial charge in [-0.25, -0.2) is 4.39 Å². The van der Waals surface area contributed by atoms with Gasteiger partial charge in [-0.2, -0.15) is 5.26 Å². The first kappa shape index (κ1) is 15.2. The lowest BCUT2D eigenvalue weighted by Crippen LogP contribution is -2.16. The van der Waals surface area contributed by atoms with Crippen LogP contribution in [0.1, 0.15) is 23.3 Å². The van der Waals surface area contributed by atoms with E-state index in [2.05, 4.69) is 11.2 Å². The first-order chi connectivity index (χ1) is 11.2. The minimum absolute atomic E-state index is 0.000413. The van der Waals surface area contributed by atoms with Crippen LogP contribution < -0.4 is 0 Å². The van der Waals surface area contributed by atoms with Crippen molar-refractivity contribution in [2.24, 2.45) is 5.92 Å². The Bertz CT molecular complexity index is 734. The number of rotatable bonds is 4. The van der Waals surface area contributed by atoms with Crippen molar-refractivity contribution in [3.63, 3.8) is 0 Å². The summed E-state index contributed by atoms with van der Waals surface area (Å²) in [5.41, 5.74) is 2.14. The third-order valence-electron chi connectivity index (χ3n) is 4.13. The molecule has 1 aromatic heterocycles. The lowest BCUT2D eigenvalue weighted by molar-refractivity contribution is 0.0958. The second-order valence-electron chi connectivity index (χ2n) is 5.77. The molecule has 0 radical (unpaired) electrons. The molecule has 0 spiro atoms. The van der Waals surface area contributed by atoms with Gasteiger partial charge in [0, 0.05) is 31.3 Å². The quantitative estimate of drug-likeness (QED) is 0.642. The van der Waals surface area contributed by atoms with Gasteiger partial charge in [0.05, 0.1) is 0 Å². The number of Topliss-reactive ketones (excluding diaryl/α,β-unsaturated/α-hetero) is 1. The molecule has 23 heavy (non-hydrogen) atoms. The van der Waals surface area contributed by atoms with Gasteiger partial charge in [-0.3, -0.25) is 9.78 Å². The Kier molecular flexibility index (Phi) is 4.33. The molecule has 1 fully saturated rings. The number of benzene rings is 1. The summed E-state index contributed by atoms with van der Waals surface area (Å²) in [5.74, 6) is -0.0577. The van der Waals surface area contributed by atoms with Gasteiger partial charge >= 0.3 is 0 Å². The molecular formula is C18H16FN3O. The van der Waals surface area contributed by atoms with E-state index in [1.807, 2.05) is 6.07 Å². The molecule has 0 unspecified atom stereocenters. The van der Waals surface area contributed by atoms with Crippen molar-refractivity contribution in [1.29, 1.82) is 5.26 Å². The average molecular weight is 309 g/mol. The van der Waals surface area contributed by atoms with E-state index in [9.17, 15) is 9.18 Å². The van der Waals surface area contributed by atoms with E-state index in [4.69, 9.17) is 5.26 Å². The topological polar surface area (TPSA) is 57.0 Å². The fourth-order valence-corrected chi connectivity index (χ4v) is 2.83. The van der Waals surface area contributed by atoms with Crippen LogP contribution in [0.15, 0.2) is 42.6 Å². The van der Waals surface area contributed by atoms with E-state index in [1.54, 1.807) is 29.3 Å². The monoisotopic (exact) mass is 309 g/mol. The van der Waals surface area contributed by atoms with Crippen LogP contribution in [0.4, 0.5) is 4.39 Å². The Balaban J connectivity index is 1.66. The molecule has 1 aromatic carbocycles. The number of aromatic nitrogens is 1. The summed E-state index contributed by atoms with van der Waals surface area (Å²) in [5, 5.41) is 8.85. The van der Waals surface area contributed by atoms with Crippen LogP contribution in [0, 0.1) is 23.2 Å². The molecule has 1 saturated heterocycles. The molecule has 1 atom stereocenters. The summed E-state index contributed by atoms with van der Waals surface area (Å²) in [6.45, 7) is 1.38. The number of nitrogens with zero attached hydrogens (tertiary/aromatic N) is 3. The van der Waals surface area contributed by atoms with Crippen LogP contribution in [0.5, 0.6) is 0 Å². The van der Waals surface area contributed by atoms with Crippen molar-refractivity contribution >= 4 is 5.78 Å². The number of hydrogen-bond donors (Lipinski definition) is 0. The average Bonchev–Trinajstić information content (AvgIpc) is 3.03. The number of hydrogen-bond acceptors (Lipinski definition) is 4. The van der Waals surface area contributed by atoms with Gasteiger partial charge in [-0.1, -0.05) is 18.2 Å². The van der Waals surface area contributed by atoms with E-state index in [-0.39, 0.29) is 17.5 Å². The van der Waals surface area contributed by atoms with Crippen molar-refractivity contribution in [2.45, 2.75) is 12.8 Å². The fourth-order valence-electron chi connectivity index (χ4n) is 2.83. The summed E-state index contributed by atoms with van der Waals surface area (Å²) in [6, 6.07) is 9.69. The summed E-state index contributed by atoms with van der Waals surface area (Å²) in [6.07, 6.45) is 5.04. The predicted molar refractivity (Wildman–Crippen MR) is 83.9 cm³/mol. The van der Waals surface area contributed by atoms with Crippen LogP contribution in [-0.2, 0) is 0 Å². The maximum atomic E-state index is 12.9. The van der Waals surface area contributed by atoms with E-state index >= 15 is 0 Å². The van der Waals surface area contributed by atoms with Gasteiger partial charge in [0.15, 0.2) is 12.0 Å². The first-order valence-corrected chi connectivity index (χ1v) is 7.55. The molecule has 5 heteroatoms. The third kappa shape index (κ3) is 3.54. The summed E-state index contributed by atoms with van der Waals surface area (Å²) in [4.78, 5) is 18.2. The molecule has 2 aromatic rings.